The van der Waals surface area contributed by atoms with Gasteiger partial charge in [-0.15, -0.1) is 0 Å². The minimum atomic E-state index is -0.669. The highest BCUT2D eigenvalue weighted by Gasteiger charge is 2.43. The maximum Gasteiger partial charge on any atom is 0.231 e. The van der Waals surface area contributed by atoms with Crippen molar-refractivity contribution in [3.8, 4) is 0 Å². The molecule has 82 valence electrons. The molecular formula is C12H10FNO2. The van der Waals surface area contributed by atoms with Crippen molar-refractivity contribution in [1.82, 2.24) is 4.90 Å². The largest absolute Gasteiger partial charge is 0.328 e. The summed E-state index contributed by atoms with van der Waals surface area (Å²) in [6.07, 6.45) is 0.543. The molecule has 16 heavy (non-hydrogen) atoms. The standard InChI is InChI=1S/C12H10FNO2/c13-8-3-1-2-7-4-5-14-10(16)6-9(15)12(14)11(7)8/h1-3,12H,4-6H2. The van der Waals surface area contributed by atoms with Crippen molar-refractivity contribution >= 4 is 11.7 Å². The molecule has 2 heterocycles. The summed E-state index contributed by atoms with van der Waals surface area (Å²) < 4.78 is 13.7. The van der Waals surface area contributed by atoms with E-state index in [9.17, 15) is 14.0 Å². The summed E-state index contributed by atoms with van der Waals surface area (Å²) in [5.41, 5.74) is 1.26. The third-order valence-corrected chi connectivity index (χ3v) is 3.30. The van der Waals surface area contributed by atoms with E-state index < -0.39 is 6.04 Å². The lowest BCUT2D eigenvalue weighted by Crippen LogP contribution is -2.36. The predicted molar refractivity (Wildman–Crippen MR) is 54.2 cm³/mol. The second-order valence-corrected chi connectivity index (χ2v) is 4.20. The molecule has 1 fully saturated rings. The van der Waals surface area contributed by atoms with E-state index in [-0.39, 0.29) is 23.9 Å². The molecule has 2 aliphatic rings. The zero-order valence-corrected chi connectivity index (χ0v) is 8.57. The van der Waals surface area contributed by atoms with Gasteiger partial charge in [0.05, 0.1) is 6.42 Å². The molecule has 0 spiro atoms. The normalized spacial score (nSPS) is 23.3. The van der Waals surface area contributed by atoms with Crippen molar-refractivity contribution < 1.29 is 14.0 Å². The Morgan fingerprint density at radius 1 is 1.31 bits per heavy atom. The van der Waals surface area contributed by atoms with Gasteiger partial charge in [-0.3, -0.25) is 9.59 Å². The van der Waals surface area contributed by atoms with E-state index in [0.29, 0.717) is 18.5 Å². The summed E-state index contributed by atoms with van der Waals surface area (Å²) in [5.74, 6) is -0.741. The fourth-order valence-corrected chi connectivity index (χ4v) is 2.58. The number of nitrogens with zero attached hydrogens (tertiary/aromatic N) is 1. The van der Waals surface area contributed by atoms with Gasteiger partial charge in [-0.1, -0.05) is 12.1 Å². The predicted octanol–water partition coefficient (Wildman–Crippen LogP) is 1.22. The number of benzene rings is 1. The number of halogens is 1. The number of carbonyl (C=O) groups excluding carboxylic acids is 2. The molecule has 0 radical (unpaired) electrons. The average molecular weight is 219 g/mol. The van der Waals surface area contributed by atoms with Crippen molar-refractivity contribution in [3.05, 3.63) is 35.1 Å². The first-order chi connectivity index (χ1) is 7.68. The monoisotopic (exact) mass is 219 g/mol. The van der Waals surface area contributed by atoms with Crippen LogP contribution in [0.5, 0.6) is 0 Å². The average Bonchev–Trinajstić information content (AvgIpc) is 2.55. The summed E-state index contributed by atoms with van der Waals surface area (Å²) in [4.78, 5) is 24.7. The molecular weight excluding hydrogens is 209 g/mol. The molecule has 1 saturated heterocycles. The third kappa shape index (κ3) is 1.13. The van der Waals surface area contributed by atoms with Crippen LogP contribution in [-0.4, -0.2) is 23.1 Å². The Bertz CT molecular complexity index is 498. The Kier molecular flexibility index (Phi) is 1.87. The Labute approximate surface area is 91.9 Å². The first-order valence-corrected chi connectivity index (χ1v) is 5.28. The number of ketones is 1. The zero-order valence-electron chi connectivity index (χ0n) is 8.57. The number of fused-ring (bicyclic) bond motifs is 3. The molecule has 0 aromatic heterocycles. The minimum absolute atomic E-state index is 0.0849. The van der Waals surface area contributed by atoms with Crippen LogP contribution in [0.25, 0.3) is 0 Å². The van der Waals surface area contributed by atoms with Gasteiger partial charge in [0.2, 0.25) is 5.91 Å². The minimum Gasteiger partial charge on any atom is -0.328 e. The van der Waals surface area contributed by atoms with Crippen molar-refractivity contribution in [2.24, 2.45) is 0 Å². The molecule has 1 amide bonds. The topological polar surface area (TPSA) is 37.4 Å². The summed E-state index contributed by atoms with van der Waals surface area (Å²) in [7, 11) is 0. The second-order valence-electron chi connectivity index (χ2n) is 4.20. The Morgan fingerprint density at radius 2 is 2.12 bits per heavy atom. The molecule has 0 aliphatic carbocycles. The fraction of sp³-hybridized carbons (Fsp3) is 0.333. The molecule has 1 unspecified atom stereocenters. The van der Waals surface area contributed by atoms with Crippen LogP contribution in [0, 0.1) is 5.82 Å². The Morgan fingerprint density at radius 3 is 2.94 bits per heavy atom. The number of carbonyl (C=O) groups is 2. The zero-order chi connectivity index (χ0) is 11.3. The van der Waals surface area contributed by atoms with Crippen LogP contribution < -0.4 is 0 Å². The van der Waals surface area contributed by atoms with Gasteiger partial charge >= 0.3 is 0 Å². The molecule has 4 heteroatoms. The maximum absolute atomic E-state index is 13.7. The SMILES string of the molecule is O=C1CC(=O)N2CCc3cccc(F)c3C12. The van der Waals surface area contributed by atoms with Gasteiger partial charge in [0, 0.05) is 12.1 Å². The van der Waals surface area contributed by atoms with Crippen LogP contribution in [0.15, 0.2) is 18.2 Å². The molecule has 2 aliphatic heterocycles. The molecule has 1 aromatic rings. The number of amides is 1. The van der Waals surface area contributed by atoms with Crippen LogP contribution in [0.4, 0.5) is 4.39 Å². The van der Waals surface area contributed by atoms with Gasteiger partial charge in [0.25, 0.3) is 0 Å². The van der Waals surface area contributed by atoms with E-state index in [1.807, 2.05) is 6.07 Å². The smallest absolute Gasteiger partial charge is 0.231 e. The summed E-state index contributed by atoms with van der Waals surface area (Å²) in [6, 6.07) is 4.15. The van der Waals surface area contributed by atoms with Gasteiger partial charge in [0.15, 0.2) is 5.78 Å². The second kappa shape index (κ2) is 3.14. The van der Waals surface area contributed by atoms with Gasteiger partial charge in [-0.2, -0.15) is 0 Å². The molecule has 0 N–H and O–H groups in total. The summed E-state index contributed by atoms with van der Waals surface area (Å²) >= 11 is 0. The van der Waals surface area contributed by atoms with Crippen LogP contribution in [-0.2, 0) is 16.0 Å². The van der Waals surface area contributed by atoms with Crippen LogP contribution in [0.2, 0.25) is 0 Å². The van der Waals surface area contributed by atoms with E-state index in [1.165, 1.54) is 11.0 Å². The number of hydrogen-bond donors (Lipinski definition) is 0. The van der Waals surface area contributed by atoms with E-state index in [4.69, 9.17) is 0 Å². The van der Waals surface area contributed by atoms with Crippen molar-refractivity contribution in [3.63, 3.8) is 0 Å². The van der Waals surface area contributed by atoms with Gasteiger partial charge in [-0.25, -0.2) is 4.39 Å². The van der Waals surface area contributed by atoms with Crippen molar-refractivity contribution in [1.29, 1.82) is 0 Å². The molecule has 3 rings (SSSR count). The van der Waals surface area contributed by atoms with Gasteiger partial charge in [-0.05, 0) is 18.1 Å². The van der Waals surface area contributed by atoms with E-state index in [0.717, 1.165) is 5.56 Å². The Hall–Kier alpha value is -1.71. The van der Waals surface area contributed by atoms with Crippen molar-refractivity contribution in [2.75, 3.05) is 6.54 Å². The lowest BCUT2D eigenvalue weighted by Gasteiger charge is -2.30. The first-order valence-electron chi connectivity index (χ1n) is 5.28. The summed E-state index contributed by atoms with van der Waals surface area (Å²) in [5, 5.41) is 0. The van der Waals surface area contributed by atoms with E-state index in [2.05, 4.69) is 0 Å². The molecule has 0 saturated carbocycles. The lowest BCUT2D eigenvalue weighted by atomic mass is 9.92. The van der Waals surface area contributed by atoms with Gasteiger partial charge < -0.3 is 4.90 Å². The molecule has 1 atom stereocenters. The molecule has 3 nitrogen and oxygen atoms in total. The fourth-order valence-electron chi connectivity index (χ4n) is 2.58. The highest BCUT2D eigenvalue weighted by Crippen LogP contribution is 2.37. The molecule has 1 aromatic carbocycles. The lowest BCUT2D eigenvalue weighted by molar-refractivity contribution is -0.129. The van der Waals surface area contributed by atoms with Crippen molar-refractivity contribution in [2.45, 2.75) is 18.9 Å². The van der Waals surface area contributed by atoms with Gasteiger partial charge in [0.1, 0.15) is 11.9 Å². The van der Waals surface area contributed by atoms with E-state index >= 15 is 0 Å². The first kappa shape index (κ1) is 9.51. The Balaban J connectivity index is 2.18. The maximum atomic E-state index is 13.7. The highest BCUT2D eigenvalue weighted by atomic mass is 19.1. The van der Waals surface area contributed by atoms with E-state index in [1.54, 1.807) is 6.07 Å². The highest BCUT2D eigenvalue weighted by molar-refractivity contribution is 6.08. The number of rotatable bonds is 0. The van der Waals surface area contributed by atoms with Crippen LogP contribution in [0.1, 0.15) is 23.6 Å². The molecule has 0 bridgehead atoms. The quantitative estimate of drug-likeness (QED) is 0.615. The number of hydrogen-bond acceptors (Lipinski definition) is 2. The summed E-state index contributed by atoms with van der Waals surface area (Å²) in [6.45, 7) is 0.520. The van der Waals surface area contributed by atoms with Crippen LogP contribution in [0.3, 0.4) is 0 Å². The third-order valence-electron chi connectivity index (χ3n) is 3.30. The van der Waals surface area contributed by atoms with Crippen LogP contribution >= 0.6 is 0 Å². The number of Topliss-reactive ketones (excluding diaryl/α,β-unsaturated/α-hetero) is 1.